The van der Waals surface area contributed by atoms with Gasteiger partial charge in [0.2, 0.25) is 5.91 Å². The van der Waals surface area contributed by atoms with E-state index in [-0.39, 0.29) is 16.8 Å². The van der Waals surface area contributed by atoms with Crippen LogP contribution in [0.4, 0.5) is 0 Å². The van der Waals surface area contributed by atoms with Crippen molar-refractivity contribution in [3.63, 3.8) is 0 Å². The van der Waals surface area contributed by atoms with Gasteiger partial charge >= 0.3 is 0 Å². The van der Waals surface area contributed by atoms with Gasteiger partial charge in [-0.1, -0.05) is 24.3 Å². The highest BCUT2D eigenvalue weighted by Gasteiger charge is 2.40. The summed E-state index contributed by atoms with van der Waals surface area (Å²) in [7, 11) is -2.04. The van der Waals surface area contributed by atoms with E-state index in [1.807, 2.05) is 28.0 Å². The Labute approximate surface area is 200 Å². The predicted octanol–water partition coefficient (Wildman–Crippen LogP) is 2.34. The first kappa shape index (κ1) is 22.9. The SMILES string of the molecule is COc1ccc(CN2CCCN(C(=O)[C@@H]3CCCN3C3=NS(=O)(=O)c4ccccc43)CC2)cc1. The zero-order valence-electron chi connectivity index (χ0n) is 19.4. The Kier molecular flexibility index (Phi) is 6.31. The van der Waals surface area contributed by atoms with Crippen molar-refractivity contribution in [1.29, 1.82) is 0 Å². The average Bonchev–Trinajstić information content (AvgIpc) is 3.35. The summed E-state index contributed by atoms with van der Waals surface area (Å²) in [5.41, 5.74) is 1.82. The molecule has 9 heteroatoms. The van der Waals surface area contributed by atoms with E-state index in [0.717, 1.165) is 38.2 Å². The normalized spacial score (nSPS) is 22.3. The standard InChI is InChI=1S/C25H30N4O4S/c1-33-20-11-9-19(10-12-20)18-27-13-5-14-28(17-16-27)25(30)22-7-4-15-29(22)24-21-6-2-3-8-23(21)34(31,32)26-24/h2-3,6,8-12,22H,4-5,7,13-18H2,1H3/t22-/m0/s1. The number of amidine groups is 1. The first-order chi connectivity index (χ1) is 16.5. The topological polar surface area (TPSA) is 82.5 Å². The molecule has 0 N–H and O–H groups in total. The molecule has 3 aliphatic rings. The minimum atomic E-state index is -3.71. The first-order valence-electron chi connectivity index (χ1n) is 11.8. The second kappa shape index (κ2) is 9.38. The maximum absolute atomic E-state index is 13.6. The molecule has 1 amide bonds. The van der Waals surface area contributed by atoms with Gasteiger partial charge in [0.05, 0.1) is 7.11 Å². The molecule has 0 saturated carbocycles. The molecule has 0 aromatic heterocycles. The fourth-order valence-electron chi connectivity index (χ4n) is 5.12. The van der Waals surface area contributed by atoms with Crippen LogP contribution in [0.2, 0.25) is 0 Å². The van der Waals surface area contributed by atoms with Gasteiger partial charge < -0.3 is 14.5 Å². The first-order valence-corrected chi connectivity index (χ1v) is 13.3. The molecule has 34 heavy (non-hydrogen) atoms. The summed E-state index contributed by atoms with van der Waals surface area (Å²) in [6.07, 6.45) is 2.47. The average molecular weight is 483 g/mol. The molecule has 0 unspecified atom stereocenters. The summed E-state index contributed by atoms with van der Waals surface area (Å²) in [6, 6.07) is 14.6. The lowest BCUT2D eigenvalue weighted by Gasteiger charge is -2.30. The van der Waals surface area contributed by atoms with E-state index in [4.69, 9.17) is 4.74 Å². The zero-order valence-corrected chi connectivity index (χ0v) is 20.2. The van der Waals surface area contributed by atoms with Crippen molar-refractivity contribution in [3.8, 4) is 5.75 Å². The third kappa shape index (κ3) is 4.42. The third-order valence-electron chi connectivity index (χ3n) is 6.89. The van der Waals surface area contributed by atoms with Crippen molar-refractivity contribution < 1.29 is 17.9 Å². The maximum atomic E-state index is 13.6. The highest BCUT2D eigenvalue weighted by Crippen LogP contribution is 2.31. The summed E-state index contributed by atoms with van der Waals surface area (Å²) >= 11 is 0. The van der Waals surface area contributed by atoms with Crippen LogP contribution >= 0.6 is 0 Å². The van der Waals surface area contributed by atoms with Crippen LogP contribution in [0.1, 0.15) is 30.4 Å². The van der Waals surface area contributed by atoms with Crippen LogP contribution in [0.25, 0.3) is 0 Å². The van der Waals surface area contributed by atoms with Gasteiger partial charge in [-0.25, -0.2) is 0 Å². The molecule has 2 fully saturated rings. The minimum Gasteiger partial charge on any atom is -0.497 e. The van der Waals surface area contributed by atoms with Crippen molar-refractivity contribution in [1.82, 2.24) is 14.7 Å². The van der Waals surface area contributed by atoms with Gasteiger partial charge in [0.15, 0.2) is 5.84 Å². The van der Waals surface area contributed by atoms with Gasteiger partial charge in [-0.05, 0) is 49.1 Å². The van der Waals surface area contributed by atoms with E-state index in [1.54, 1.807) is 25.3 Å². The Morgan fingerprint density at radius 3 is 2.59 bits per heavy atom. The largest absolute Gasteiger partial charge is 0.497 e. The molecule has 0 spiro atoms. The van der Waals surface area contributed by atoms with Crippen LogP contribution in [-0.2, 0) is 21.4 Å². The molecule has 3 aliphatic heterocycles. The van der Waals surface area contributed by atoms with E-state index in [2.05, 4.69) is 21.4 Å². The molecule has 0 aliphatic carbocycles. The summed E-state index contributed by atoms with van der Waals surface area (Å²) in [4.78, 5) is 20.0. The Balaban J connectivity index is 1.26. The molecular weight excluding hydrogens is 452 g/mol. The van der Waals surface area contributed by atoms with Crippen molar-refractivity contribution in [2.45, 2.75) is 36.7 Å². The molecular formula is C25H30N4O4S. The summed E-state index contributed by atoms with van der Waals surface area (Å²) in [5.74, 6) is 1.34. The number of benzene rings is 2. The predicted molar refractivity (Wildman–Crippen MR) is 129 cm³/mol. The molecule has 5 rings (SSSR count). The van der Waals surface area contributed by atoms with E-state index in [1.165, 1.54) is 5.56 Å². The second-order valence-electron chi connectivity index (χ2n) is 9.04. The molecule has 1 atom stereocenters. The second-order valence-corrected chi connectivity index (χ2v) is 10.6. The molecule has 3 heterocycles. The van der Waals surface area contributed by atoms with E-state index in [0.29, 0.717) is 37.5 Å². The van der Waals surface area contributed by atoms with Crippen LogP contribution in [-0.4, -0.2) is 80.7 Å². The molecule has 0 radical (unpaired) electrons. The number of ether oxygens (including phenoxy) is 1. The van der Waals surface area contributed by atoms with Gasteiger partial charge in [-0.3, -0.25) is 9.69 Å². The number of methoxy groups -OCH3 is 1. The number of carbonyl (C=O) groups is 1. The number of likely N-dealkylation sites (tertiary alicyclic amines) is 1. The van der Waals surface area contributed by atoms with Crippen molar-refractivity contribution >= 4 is 21.8 Å². The van der Waals surface area contributed by atoms with Gasteiger partial charge in [0.25, 0.3) is 10.0 Å². The van der Waals surface area contributed by atoms with Gasteiger partial charge in [-0.15, -0.1) is 4.40 Å². The molecule has 2 saturated heterocycles. The molecule has 180 valence electrons. The number of hydrogen-bond donors (Lipinski definition) is 0. The van der Waals surface area contributed by atoms with Crippen LogP contribution in [0.15, 0.2) is 57.8 Å². The molecule has 0 bridgehead atoms. The quantitative estimate of drug-likeness (QED) is 0.665. The number of amides is 1. The minimum absolute atomic E-state index is 0.0771. The third-order valence-corrected chi connectivity index (χ3v) is 8.21. The maximum Gasteiger partial charge on any atom is 0.285 e. The lowest BCUT2D eigenvalue weighted by molar-refractivity contribution is -0.134. The smallest absolute Gasteiger partial charge is 0.285 e. The number of nitrogens with zero attached hydrogens (tertiary/aromatic N) is 4. The zero-order chi connectivity index (χ0) is 23.7. The number of sulfonamides is 1. The van der Waals surface area contributed by atoms with E-state index < -0.39 is 10.0 Å². The molecule has 8 nitrogen and oxygen atoms in total. The fourth-order valence-corrected chi connectivity index (χ4v) is 6.34. The van der Waals surface area contributed by atoms with E-state index in [9.17, 15) is 13.2 Å². The highest BCUT2D eigenvalue weighted by molar-refractivity contribution is 7.90. The van der Waals surface area contributed by atoms with Crippen LogP contribution in [0.3, 0.4) is 0 Å². The summed E-state index contributed by atoms with van der Waals surface area (Å²) < 4.78 is 34.4. The van der Waals surface area contributed by atoms with Crippen LogP contribution in [0.5, 0.6) is 5.75 Å². The van der Waals surface area contributed by atoms with Crippen molar-refractivity contribution in [3.05, 3.63) is 59.7 Å². The Bertz CT molecular complexity index is 1200. The van der Waals surface area contributed by atoms with Gasteiger partial charge in [0, 0.05) is 44.8 Å². The number of carbonyl (C=O) groups excluding carboxylic acids is 1. The lowest BCUT2D eigenvalue weighted by Crippen LogP contribution is -2.48. The van der Waals surface area contributed by atoms with Crippen molar-refractivity contribution in [2.24, 2.45) is 4.40 Å². The summed E-state index contributed by atoms with van der Waals surface area (Å²) in [5, 5.41) is 0. The van der Waals surface area contributed by atoms with Gasteiger partial charge in [-0.2, -0.15) is 8.42 Å². The monoisotopic (exact) mass is 482 g/mol. The Morgan fingerprint density at radius 2 is 1.79 bits per heavy atom. The molecule has 2 aromatic carbocycles. The Hall–Kier alpha value is -2.91. The van der Waals surface area contributed by atoms with Crippen molar-refractivity contribution in [2.75, 3.05) is 39.8 Å². The number of fused-ring (bicyclic) bond motifs is 1. The summed E-state index contributed by atoms with van der Waals surface area (Å²) in [6.45, 7) is 4.60. The fraction of sp³-hybridized carbons (Fsp3) is 0.440. The number of rotatable bonds is 4. The Morgan fingerprint density at radius 1 is 1.00 bits per heavy atom. The van der Waals surface area contributed by atoms with Crippen LogP contribution in [0, 0.1) is 0 Å². The van der Waals surface area contributed by atoms with Crippen LogP contribution < -0.4 is 4.74 Å². The lowest BCUT2D eigenvalue weighted by atomic mass is 10.1. The number of hydrogen-bond acceptors (Lipinski definition) is 6. The van der Waals surface area contributed by atoms with Gasteiger partial charge in [0.1, 0.15) is 16.7 Å². The molecule has 2 aromatic rings. The van der Waals surface area contributed by atoms with E-state index >= 15 is 0 Å². The highest BCUT2D eigenvalue weighted by atomic mass is 32.2.